The summed E-state index contributed by atoms with van der Waals surface area (Å²) in [6.45, 7) is 1.74. The molecule has 0 aliphatic rings. The van der Waals surface area contributed by atoms with Crippen molar-refractivity contribution in [1.29, 1.82) is 0 Å². The van der Waals surface area contributed by atoms with Crippen LogP contribution in [0.5, 0.6) is 5.75 Å². The van der Waals surface area contributed by atoms with Crippen LogP contribution in [0, 0.1) is 5.82 Å². The highest BCUT2D eigenvalue weighted by Crippen LogP contribution is 2.21. The third-order valence-corrected chi connectivity index (χ3v) is 2.47. The van der Waals surface area contributed by atoms with E-state index in [-0.39, 0.29) is 17.4 Å². The van der Waals surface area contributed by atoms with Gasteiger partial charge < -0.3 is 15.8 Å². The van der Waals surface area contributed by atoms with E-state index >= 15 is 0 Å². The largest absolute Gasteiger partial charge is 0.496 e. The quantitative estimate of drug-likeness (QED) is 0.798. The lowest BCUT2D eigenvalue weighted by atomic mass is 10.1. The fourth-order valence-electron chi connectivity index (χ4n) is 1.54. The molecule has 1 unspecified atom stereocenters. The molecule has 4 nitrogen and oxygen atoms in total. The second-order valence-corrected chi connectivity index (χ2v) is 4.39. The molecule has 3 N–H and O–H groups in total. The fourth-order valence-corrected chi connectivity index (χ4v) is 1.79. The predicted molar refractivity (Wildman–Crippen MR) is 71.3 cm³/mol. The third kappa shape index (κ3) is 3.66. The van der Waals surface area contributed by atoms with E-state index in [9.17, 15) is 9.18 Å². The molecule has 0 heterocycles. The first-order valence-corrected chi connectivity index (χ1v) is 5.78. The number of halogens is 1. The van der Waals surface area contributed by atoms with Crippen LogP contribution in [0.25, 0.3) is 0 Å². The molecule has 0 saturated heterocycles. The molecule has 0 aromatic heterocycles. The van der Waals surface area contributed by atoms with Crippen molar-refractivity contribution in [3.63, 3.8) is 0 Å². The zero-order valence-electron chi connectivity index (χ0n) is 10.2. The summed E-state index contributed by atoms with van der Waals surface area (Å²) in [5.41, 5.74) is 5.26. The highest BCUT2D eigenvalue weighted by Gasteiger charge is 2.19. The Balaban J connectivity index is 2.87. The number of ether oxygens (including phenoxy) is 1. The molecule has 0 saturated carbocycles. The van der Waals surface area contributed by atoms with Crippen molar-refractivity contribution in [1.82, 2.24) is 5.32 Å². The van der Waals surface area contributed by atoms with E-state index in [1.165, 1.54) is 25.3 Å². The number of thiocarbonyl (C=S) groups is 1. The molecule has 0 bridgehead atoms. The lowest BCUT2D eigenvalue weighted by Crippen LogP contribution is -2.35. The number of hydrogen-bond donors (Lipinski definition) is 2. The number of rotatable bonds is 5. The average molecular weight is 270 g/mol. The first kappa shape index (κ1) is 14.4. The molecule has 0 fully saturated rings. The molecule has 1 aromatic rings. The molecule has 0 spiro atoms. The van der Waals surface area contributed by atoms with E-state index in [0.29, 0.717) is 11.4 Å². The highest BCUT2D eigenvalue weighted by molar-refractivity contribution is 7.80. The molecule has 6 heteroatoms. The minimum Gasteiger partial charge on any atom is -0.496 e. The Bertz CT molecular complexity index is 465. The third-order valence-electron chi connectivity index (χ3n) is 2.31. The van der Waals surface area contributed by atoms with Crippen molar-refractivity contribution < 1.29 is 13.9 Å². The average Bonchev–Trinajstić information content (AvgIpc) is 2.26. The van der Waals surface area contributed by atoms with Crippen LogP contribution in [-0.4, -0.2) is 24.0 Å². The van der Waals surface area contributed by atoms with Crippen molar-refractivity contribution in [3.8, 4) is 5.75 Å². The van der Waals surface area contributed by atoms with Crippen LogP contribution in [0.2, 0.25) is 0 Å². The summed E-state index contributed by atoms with van der Waals surface area (Å²) in [6, 6.07) is 3.94. The Hall–Kier alpha value is -1.69. The van der Waals surface area contributed by atoms with Crippen LogP contribution in [0.3, 0.4) is 0 Å². The molecule has 1 amide bonds. The summed E-state index contributed by atoms with van der Waals surface area (Å²) >= 11 is 4.74. The van der Waals surface area contributed by atoms with Gasteiger partial charge in [0, 0.05) is 12.5 Å². The second-order valence-electron chi connectivity index (χ2n) is 3.86. The predicted octanol–water partition coefficient (Wildman–Crippen LogP) is 1.63. The first-order chi connectivity index (χ1) is 8.45. The van der Waals surface area contributed by atoms with Gasteiger partial charge in [-0.2, -0.15) is 0 Å². The molecule has 1 atom stereocenters. The lowest BCUT2D eigenvalue weighted by Gasteiger charge is -2.15. The summed E-state index contributed by atoms with van der Waals surface area (Å²) in [4.78, 5) is 12.2. The number of methoxy groups -OCH3 is 1. The van der Waals surface area contributed by atoms with Crippen molar-refractivity contribution in [2.45, 2.75) is 19.4 Å². The second kappa shape index (κ2) is 6.30. The van der Waals surface area contributed by atoms with Crippen LogP contribution in [0.4, 0.5) is 4.39 Å². The van der Waals surface area contributed by atoms with E-state index in [1.807, 2.05) is 0 Å². The van der Waals surface area contributed by atoms with Crippen LogP contribution < -0.4 is 15.8 Å². The SMILES string of the molecule is COc1cccc(F)c1C(=O)NC(C)CC(N)=S. The Morgan fingerprint density at radius 1 is 1.61 bits per heavy atom. The maximum atomic E-state index is 13.6. The summed E-state index contributed by atoms with van der Waals surface area (Å²) in [6.07, 6.45) is 0.359. The zero-order chi connectivity index (χ0) is 13.7. The lowest BCUT2D eigenvalue weighted by molar-refractivity contribution is 0.0934. The van der Waals surface area contributed by atoms with Gasteiger partial charge in [-0.3, -0.25) is 4.79 Å². The van der Waals surface area contributed by atoms with Gasteiger partial charge in [-0.25, -0.2) is 4.39 Å². The number of nitrogens with one attached hydrogen (secondary N) is 1. The number of amides is 1. The molecular weight excluding hydrogens is 255 g/mol. The fraction of sp³-hybridized carbons (Fsp3) is 0.333. The summed E-state index contributed by atoms with van der Waals surface area (Å²) < 4.78 is 18.6. The van der Waals surface area contributed by atoms with E-state index in [1.54, 1.807) is 6.92 Å². The molecule has 0 radical (unpaired) electrons. The van der Waals surface area contributed by atoms with Gasteiger partial charge in [-0.15, -0.1) is 0 Å². The van der Waals surface area contributed by atoms with Crippen LogP contribution in [0.1, 0.15) is 23.7 Å². The number of carbonyl (C=O) groups is 1. The molecule has 98 valence electrons. The van der Waals surface area contributed by atoms with Gasteiger partial charge in [0.25, 0.3) is 5.91 Å². The van der Waals surface area contributed by atoms with Gasteiger partial charge in [0.05, 0.1) is 12.1 Å². The standard InChI is InChI=1S/C12H15FN2O2S/c1-7(6-10(14)18)15-12(16)11-8(13)4-3-5-9(11)17-2/h3-5,7H,6H2,1-2H3,(H2,14,18)(H,15,16). The summed E-state index contributed by atoms with van der Waals surface area (Å²) in [7, 11) is 1.38. The maximum Gasteiger partial charge on any atom is 0.258 e. The van der Waals surface area contributed by atoms with Gasteiger partial charge in [-0.1, -0.05) is 18.3 Å². The summed E-state index contributed by atoms with van der Waals surface area (Å²) in [5, 5.41) is 2.62. The van der Waals surface area contributed by atoms with Crippen LogP contribution in [-0.2, 0) is 0 Å². The molecular formula is C12H15FN2O2S. The maximum absolute atomic E-state index is 13.6. The topological polar surface area (TPSA) is 64.3 Å². The molecule has 1 rings (SSSR count). The number of benzene rings is 1. The smallest absolute Gasteiger partial charge is 0.258 e. The van der Waals surface area contributed by atoms with Crippen LogP contribution in [0.15, 0.2) is 18.2 Å². The Labute approximate surface area is 110 Å². The monoisotopic (exact) mass is 270 g/mol. The minimum absolute atomic E-state index is 0.116. The number of hydrogen-bond acceptors (Lipinski definition) is 3. The van der Waals surface area contributed by atoms with Gasteiger partial charge in [0.2, 0.25) is 0 Å². The zero-order valence-corrected chi connectivity index (χ0v) is 11.0. The van der Waals surface area contributed by atoms with E-state index < -0.39 is 11.7 Å². The Kier molecular flexibility index (Phi) is 5.03. The van der Waals surface area contributed by atoms with Gasteiger partial charge in [0.15, 0.2) is 0 Å². The Morgan fingerprint density at radius 3 is 2.83 bits per heavy atom. The van der Waals surface area contributed by atoms with Gasteiger partial charge in [-0.05, 0) is 19.1 Å². The van der Waals surface area contributed by atoms with Crippen LogP contribution >= 0.6 is 12.2 Å². The molecule has 1 aromatic carbocycles. The van der Waals surface area contributed by atoms with Gasteiger partial charge >= 0.3 is 0 Å². The minimum atomic E-state index is -0.630. The highest BCUT2D eigenvalue weighted by atomic mass is 32.1. The first-order valence-electron chi connectivity index (χ1n) is 5.37. The van der Waals surface area contributed by atoms with Crippen molar-refractivity contribution in [3.05, 3.63) is 29.6 Å². The molecule has 0 aliphatic carbocycles. The van der Waals surface area contributed by atoms with Crippen molar-refractivity contribution in [2.75, 3.05) is 7.11 Å². The molecule has 0 aliphatic heterocycles. The van der Waals surface area contributed by atoms with Gasteiger partial charge in [0.1, 0.15) is 17.1 Å². The van der Waals surface area contributed by atoms with E-state index in [2.05, 4.69) is 5.32 Å². The summed E-state index contributed by atoms with van der Waals surface area (Å²) in [5.74, 6) is -0.988. The Morgan fingerprint density at radius 2 is 2.28 bits per heavy atom. The normalized spacial score (nSPS) is 11.7. The number of carbonyl (C=O) groups excluding carboxylic acids is 1. The molecule has 18 heavy (non-hydrogen) atoms. The van der Waals surface area contributed by atoms with Crippen molar-refractivity contribution in [2.24, 2.45) is 5.73 Å². The van der Waals surface area contributed by atoms with E-state index in [4.69, 9.17) is 22.7 Å². The van der Waals surface area contributed by atoms with Crippen molar-refractivity contribution >= 4 is 23.1 Å². The van der Waals surface area contributed by atoms with E-state index in [0.717, 1.165) is 0 Å². The number of nitrogens with two attached hydrogens (primary N) is 1.